The second-order valence-corrected chi connectivity index (χ2v) is 12.8. The molecule has 2 amide bonds. The first-order valence-electron chi connectivity index (χ1n) is 16.4. The summed E-state index contributed by atoms with van der Waals surface area (Å²) in [6.45, 7) is 9.10. The fourth-order valence-corrected chi connectivity index (χ4v) is 6.64. The molecule has 3 aromatic rings. The molecule has 0 radical (unpaired) electrons. The molecule has 3 atom stereocenters. The molecule has 2 aliphatic rings. The summed E-state index contributed by atoms with van der Waals surface area (Å²) in [6.07, 6.45) is 8.79. The molecule has 2 aromatic carbocycles. The lowest BCUT2D eigenvalue weighted by Crippen LogP contribution is -2.48. The molecule has 242 valence electrons. The number of nitrogens with zero attached hydrogens (tertiary/aromatic N) is 3. The molecule has 0 saturated carbocycles. The molecule has 2 heterocycles. The highest BCUT2D eigenvalue weighted by Gasteiger charge is 2.28. The third kappa shape index (κ3) is 8.35. The van der Waals surface area contributed by atoms with Crippen molar-refractivity contribution in [2.45, 2.75) is 84.3 Å². The van der Waals surface area contributed by atoms with Crippen molar-refractivity contribution in [2.24, 2.45) is 11.8 Å². The monoisotopic (exact) mass is 620 g/mol. The van der Waals surface area contributed by atoms with Crippen LogP contribution in [0.15, 0.2) is 48.9 Å². The summed E-state index contributed by atoms with van der Waals surface area (Å²) >= 11 is 0. The Bertz CT molecular complexity index is 1470. The summed E-state index contributed by atoms with van der Waals surface area (Å²) in [5, 5.41) is 10.00. The van der Waals surface area contributed by atoms with Crippen LogP contribution in [0.1, 0.15) is 69.6 Å². The Labute approximate surface area is 265 Å². The number of aryl methyl sites for hydroxylation is 1. The Kier molecular flexibility index (Phi) is 11.0. The second-order valence-electron chi connectivity index (χ2n) is 12.8. The van der Waals surface area contributed by atoms with Crippen LogP contribution in [0.5, 0.6) is 0 Å². The van der Waals surface area contributed by atoms with Gasteiger partial charge in [-0.2, -0.15) is 0 Å². The van der Waals surface area contributed by atoms with Crippen LogP contribution in [0, 0.1) is 23.5 Å². The molecule has 1 saturated heterocycles. The fourth-order valence-electron chi connectivity index (χ4n) is 6.64. The third-order valence-corrected chi connectivity index (χ3v) is 8.97. The van der Waals surface area contributed by atoms with Crippen LogP contribution < -0.4 is 16.0 Å². The molecule has 1 fully saturated rings. The number of imidazole rings is 1. The predicted octanol–water partition coefficient (Wildman–Crippen LogP) is 5.39. The molecule has 1 unspecified atom stereocenters. The Morgan fingerprint density at radius 3 is 2.76 bits per heavy atom. The number of benzene rings is 2. The molecule has 0 spiro atoms. The molecular weight excluding hydrogens is 574 g/mol. The number of carbonyl (C=O) groups excluding carboxylic acids is 2. The van der Waals surface area contributed by atoms with Gasteiger partial charge in [0.2, 0.25) is 11.8 Å². The first kappa shape index (κ1) is 32.8. The first-order valence-corrected chi connectivity index (χ1v) is 16.4. The highest BCUT2D eigenvalue weighted by Crippen LogP contribution is 2.26. The number of aromatic nitrogens is 2. The molecule has 1 aliphatic heterocycles. The van der Waals surface area contributed by atoms with E-state index < -0.39 is 17.7 Å². The van der Waals surface area contributed by atoms with E-state index in [2.05, 4.69) is 27.0 Å². The van der Waals surface area contributed by atoms with Crippen LogP contribution in [0.2, 0.25) is 0 Å². The van der Waals surface area contributed by atoms with E-state index in [1.165, 1.54) is 6.07 Å². The quantitative estimate of drug-likeness (QED) is 0.253. The number of hydrogen-bond donors (Lipinski definition) is 3. The van der Waals surface area contributed by atoms with Crippen molar-refractivity contribution in [2.75, 3.05) is 25.0 Å². The smallest absolute Gasteiger partial charge is 0.242 e. The average Bonchev–Trinajstić information content (AvgIpc) is 3.49. The van der Waals surface area contributed by atoms with E-state index in [0.29, 0.717) is 55.1 Å². The van der Waals surface area contributed by atoms with Gasteiger partial charge in [0.05, 0.1) is 17.9 Å². The maximum Gasteiger partial charge on any atom is 0.242 e. The molecule has 3 N–H and O–H groups in total. The van der Waals surface area contributed by atoms with E-state index in [4.69, 9.17) is 0 Å². The minimum Gasteiger partial charge on any atom is -0.342 e. The van der Waals surface area contributed by atoms with Gasteiger partial charge in [0.25, 0.3) is 0 Å². The lowest BCUT2D eigenvalue weighted by molar-refractivity contribution is -0.136. The van der Waals surface area contributed by atoms with E-state index in [1.807, 2.05) is 54.6 Å². The molecule has 5 rings (SSSR count). The Morgan fingerprint density at radius 2 is 1.96 bits per heavy atom. The molecule has 10 heteroatoms. The molecule has 8 nitrogen and oxygen atoms in total. The van der Waals surface area contributed by atoms with Crippen LogP contribution in [0.3, 0.4) is 0 Å². The van der Waals surface area contributed by atoms with E-state index in [-0.39, 0.29) is 23.8 Å². The van der Waals surface area contributed by atoms with Crippen molar-refractivity contribution in [3.63, 3.8) is 0 Å². The Balaban J connectivity index is 1.17. The number of nitrogens with one attached hydrogen (secondary N) is 3. The molecule has 0 bridgehead atoms. The van der Waals surface area contributed by atoms with Crippen LogP contribution in [-0.4, -0.2) is 58.0 Å². The maximum absolute atomic E-state index is 14.5. The van der Waals surface area contributed by atoms with E-state index in [0.717, 1.165) is 56.2 Å². The van der Waals surface area contributed by atoms with Crippen molar-refractivity contribution in [1.29, 1.82) is 0 Å². The number of rotatable bonds is 12. The summed E-state index contributed by atoms with van der Waals surface area (Å²) in [7, 11) is 0. The first-order chi connectivity index (χ1) is 21.7. The Morgan fingerprint density at radius 1 is 1.13 bits per heavy atom. The van der Waals surface area contributed by atoms with Gasteiger partial charge < -0.3 is 25.4 Å². The molecule has 45 heavy (non-hydrogen) atoms. The number of para-hydroxylation sites is 1. The summed E-state index contributed by atoms with van der Waals surface area (Å²) < 4.78 is 30.0. The van der Waals surface area contributed by atoms with Crippen LogP contribution >= 0.6 is 0 Å². The van der Waals surface area contributed by atoms with Crippen LogP contribution in [0.25, 0.3) is 5.69 Å². The van der Waals surface area contributed by atoms with Gasteiger partial charge in [-0.25, -0.2) is 13.8 Å². The standard InChI is InChI=1S/C35H46F2N6O2/c1-4-8-31(40-28-13-12-25-15-27(36)16-30(37)29(25)17-28)34(44)41-33-21-43(22-39-33)32-11-6-5-10-26(32)19-38-18-24-9-7-14-42(20-24)35(45)23(2)3/h5-6,10-11,15-16,21-24,28,31,38,40H,4,7-9,12-14,17-20H2,1-3H3,(H,41,44)/t24?,28-,31+/m0/s1. The summed E-state index contributed by atoms with van der Waals surface area (Å²) in [5.41, 5.74) is 3.32. The number of piperidine rings is 1. The number of hydrogen-bond acceptors (Lipinski definition) is 5. The largest absolute Gasteiger partial charge is 0.342 e. The second kappa shape index (κ2) is 15.1. The van der Waals surface area contributed by atoms with Crippen molar-refractivity contribution in [3.05, 3.63) is 77.2 Å². The van der Waals surface area contributed by atoms with E-state index >= 15 is 0 Å². The summed E-state index contributed by atoms with van der Waals surface area (Å²) in [6, 6.07) is 9.91. The van der Waals surface area contributed by atoms with Gasteiger partial charge in [0.1, 0.15) is 18.0 Å². The highest BCUT2D eigenvalue weighted by molar-refractivity contribution is 5.94. The number of anilines is 1. The molecule has 1 aromatic heterocycles. The van der Waals surface area contributed by atoms with Crippen molar-refractivity contribution < 1.29 is 18.4 Å². The summed E-state index contributed by atoms with van der Waals surface area (Å²) in [5.74, 6) is -0.107. The maximum atomic E-state index is 14.5. The minimum absolute atomic E-state index is 0.0245. The zero-order valence-corrected chi connectivity index (χ0v) is 26.6. The van der Waals surface area contributed by atoms with Crippen LogP contribution in [0.4, 0.5) is 14.6 Å². The molecule has 1 aliphatic carbocycles. The normalized spacial score (nSPS) is 18.9. The lowest BCUT2D eigenvalue weighted by Gasteiger charge is -2.34. The predicted molar refractivity (Wildman–Crippen MR) is 172 cm³/mol. The topological polar surface area (TPSA) is 91.3 Å². The van der Waals surface area contributed by atoms with E-state index in [9.17, 15) is 18.4 Å². The SMILES string of the molecule is CCC[C@@H](N[C@H]1CCc2cc(F)cc(F)c2C1)C(=O)Nc1cn(-c2ccccc2CNCC2CCCN(C(=O)C(C)C)C2)cn1. The Hall–Kier alpha value is -3.63. The lowest BCUT2D eigenvalue weighted by atomic mass is 9.87. The fraction of sp³-hybridized carbons (Fsp3) is 0.514. The number of fused-ring (bicyclic) bond motifs is 1. The van der Waals surface area contributed by atoms with Gasteiger partial charge in [0.15, 0.2) is 5.82 Å². The number of likely N-dealkylation sites (tertiary alicyclic amines) is 1. The number of halogens is 2. The number of amides is 2. The van der Waals surface area contributed by atoms with Crippen molar-refractivity contribution >= 4 is 17.6 Å². The van der Waals surface area contributed by atoms with E-state index in [1.54, 1.807) is 6.33 Å². The van der Waals surface area contributed by atoms with Crippen molar-refractivity contribution in [3.8, 4) is 5.69 Å². The third-order valence-electron chi connectivity index (χ3n) is 8.97. The van der Waals surface area contributed by atoms with Gasteiger partial charge in [-0.1, -0.05) is 45.4 Å². The number of carbonyl (C=O) groups is 2. The van der Waals surface area contributed by atoms with Gasteiger partial charge in [-0.05, 0) is 79.8 Å². The average molecular weight is 621 g/mol. The zero-order valence-electron chi connectivity index (χ0n) is 26.6. The zero-order chi connectivity index (χ0) is 31.9. The highest BCUT2D eigenvalue weighted by atomic mass is 19.1. The summed E-state index contributed by atoms with van der Waals surface area (Å²) in [4.78, 5) is 32.3. The van der Waals surface area contributed by atoms with Gasteiger partial charge in [-0.3, -0.25) is 9.59 Å². The minimum atomic E-state index is -0.550. The van der Waals surface area contributed by atoms with Gasteiger partial charge in [0, 0.05) is 37.7 Å². The van der Waals surface area contributed by atoms with Gasteiger partial charge in [-0.15, -0.1) is 0 Å². The molecular formula is C35H46F2N6O2. The van der Waals surface area contributed by atoms with Crippen LogP contribution in [-0.2, 0) is 29.0 Å². The van der Waals surface area contributed by atoms with Crippen molar-refractivity contribution in [1.82, 2.24) is 25.1 Å². The van der Waals surface area contributed by atoms with Gasteiger partial charge >= 0.3 is 0 Å².